The van der Waals surface area contributed by atoms with Gasteiger partial charge in [-0.05, 0) is 31.5 Å². The van der Waals surface area contributed by atoms with E-state index in [1.807, 2.05) is 11.5 Å². The van der Waals surface area contributed by atoms with Crippen LogP contribution in [0.2, 0.25) is 5.15 Å². The zero-order valence-corrected chi connectivity index (χ0v) is 19.1. The molecule has 0 saturated heterocycles. The van der Waals surface area contributed by atoms with E-state index in [2.05, 4.69) is 10.1 Å². The zero-order valence-electron chi connectivity index (χ0n) is 17.5. The van der Waals surface area contributed by atoms with Gasteiger partial charge in [-0.15, -0.1) is 0 Å². The number of aryl methyl sites for hydroxylation is 3. The molecule has 11 heteroatoms. The van der Waals surface area contributed by atoms with Crippen LogP contribution in [0.15, 0.2) is 23.1 Å². The lowest BCUT2D eigenvalue weighted by molar-refractivity contribution is 0.0457. The SMILES string of the molecule is CCCn1c(COC(=O)c2c(C)nn(C)c2Cl)nc2cc(S(=O)(=O)N(C)C)ccc21. The van der Waals surface area contributed by atoms with Crippen LogP contribution in [0, 0.1) is 6.92 Å². The highest BCUT2D eigenvalue weighted by atomic mass is 35.5. The molecule has 2 heterocycles. The topological polar surface area (TPSA) is 99.3 Å². The van der Waals surface area contributed by atoms with E-state index in [1.165, 1.54) is 24.8 Å². The standard InChI is InChI=1S/C19H24ClN5O4S/c1-6-9-25-15-8-7-13(30(27,28)23(3)4)10-14(15)21-16(25)11-29-19(26)17-12(2)22-24(5)18(17)20/h7-8,10H,6,9,11H2,1-5H3. The monoisotopic (exact) mass is 453 g/mol. The molecule has 0 radical (unpaired) electrons. The van der Waals surface area contributed by atoms with E-state index in [-0.39, 0.29) is 22.2 Å². The Morgan fingerprint density at radius 2 is 2.00 bits per heavy atom. The van der Waals surface area contributed by atoms with E-state index in [4.69, 9.17) is 16.3 Å². The largest absolute Gasteiger partial charge is 0.454 e. The molecule has 162 valence electrons. The smallest absolute Gasteiger partial charge is 0.343 e. The molecule has 3 rings (SSSR count). The molecular weight excluding hydrogens is 430 g/mol. The van der Waals surface area contributed by atoms with Crippen molar-refractivity contribution in [3.05, 3.63) is 40.4 Å². The van der Waals surface area contributed by atoms with Crippen molar-refractivity contribution in [1.29, 1.82) is 0 Å². The highest BCUT2D eigenvalue weighted by Crippen LogP contribution is 2.24. The minimum Gasteiger partial charge on any atom is -0.454 e. The lowest BCUT2D eigenvalue weighted by Crippen LogP contribution is -2.22. The van der Waals surface area contributed by atoms with Crippen LogP contribution in [-0.2, 0) is 35.0 Å². The van der Waals surface area contributed by atoms with Gasteiger partial charge in [0.15, 0.2) is 0 Å². The predicted octanol–water partition coefficient (Wildman–Crippen LogP) is 2.75. The summed E-state index contributed by atoms with van der Waals surface area (Å²) in [4.78, 5) is 17.2. The van der Waals surface area contributed by atoms with Gasteiger partial charge in [0, 0.05) is 27.7 Å². The third-order valence-electron chi connectivity index (χ3n) is 4.71. The number of sulfonamides is 1. The van der Waals surface area contributed by atoms with Crippen LogP contribution in [0.5, 0.6) is 0 Å². The van der Waals surface area contributed by atoms with E-state index in [9.17, 15) is 13.2 Å². The lowest BCUT2D eigenvalue weighted by atomic mass is 10.3. The number of fused-ring (bicyclic) bond motifs is 1. The van der Waals surface area contributed by atoms with Gasteiger partial charge in [-0.25, -0.2) is 22.5 Å². The van der Waals surface area contributed by atoms with Gasteiger partial charge in [0.25, 0.3) is 0 Å². The Bertz CT molecular complexity index is 1210. The fraction of sp³-hybridized carbons (Fsp3) is 0.421. The van der Waals surface area contributed by atoms with Crippen LogP contribution >= 0.6 is 11.6 Å². The highest BCUT2D eigenvalue weighted by molar-refractivity contribution is 7.89. The maximum Gasteiger partial charge on any atom is 0.343 e. The lowest BCUT2D eigenvalue weighted by Gasteiger charge is -2.11. The van der Waals surface area contributed by atoms with Crippen molar-refractivity contribution in [2.75, 3.05) is 14.1 Å². The second kappa shape index (κ2) is 8.37. The van der Waals surface area contributed by atoms with Crippen LogP contribution in [0.25, 0.3) is 11.0 Å². The number of imidazole rings is 1. The summed E-state index contributed by atoms with van der Waals surface area (Å²) in [5.41, 5.74) is 1.99. The van der Waals surface area contributed by atoms with Crippen LogP contribution in [0.1, 0.15) is 35.2 Å². The van der Waals surface area contributed by atoms with Crippen molar-refractivity contribution >= 4 is 38.6 Å². The first-order valence-electron chi connectivity index (χ1n) is 9.35. The number of nitrogens with zero attached hydrogens (tertiary/aromatic N) is 5. The average molecular weight is 454 g/mol. The summed E-state index contributed by atoms with van der Waals surface area (Å²) < 4.78 is 34.8. The molecule has 0 atom stereocenters. The van der Waals surface area contributed by atoms with E-state index >= 15 is 0 Å². The van der Waals surface area contributed by atoms with Crippen molar-refractivity contribution in [3.8, 4) is 0 Å². The molecule has 0 saturated carbocycles. The molecule has 0 bridgehead atoms. The Morgan fingerprint density at radius 1 is 1.30 bits per heavy atom. The summed E-state index contributed by atoms with van der Waals surface area (Å²) in [6.07, 6.45) is 0.831. The minimum atomic E-state index is -3.58. The number of aromatic nitrogens is 4. The maximum atomic E-state index is 12.5. The van der Waals surface area contributed by atoms with Crippen LogP contribution < -0.4 is 0 Å². The number of rotatable bonds is 7. The molecule has 3 aromatic rings. The van der Waals surface area contributed by atoms with Crippen LogP contribution in [0.4, 0.5) is 0 Å². The quantitative estimate of drug-likeness (QED) is 0.510. The normalized spacial score (nSPS) is 12.1. The first-order chi connectivity index (χ1) is 14.1. The number of halogens is 1. The molecule has 0 fully saturated rings. The maximum absolute atomic E-state index is 12.5. The van der Waals surface area contributed by atoms with Gasteiger partial charge in [-0.3, -0.25) is 4.68 Å². The third kappa shape index (κ3) is 3.94. The second-order valence-corrected chi connectivity index (χ2v) is 9.58. The number of benzene rings is 1. The fourth-order valence-electron chi connectivity index (χ4n) is 3.18. The first kappa shape index (κ1) is 22.3. The Kier molecular flexibility index (Phi) is 6.21. The summed E-state index contributed by atoms with van der Waals surface area (Å²) in [6.45, 7) is 4.27. The van der Waals surface area contributed by atoms with Gasteiger partial charge in [-0.1, -0.05) is 18.5 Å². The molecule has 0 aliphatic rings. The van der Waals surface area contributed by atoms with Gasteiger partial charge >= 0.3 is 5.97 Å². The molecule has 0 N–H and O–H groups in total. The zero-order chi connectivity index (χ0) is 22.2. The molecule has 0 aliphatic heterocycles. The summed E-state index contributed by atoms with van der Waals surface area (Å²) in [5, 5.41) is 4.32. The van der Waals surface area contributed by atoms with Gasteiger partial charge < -0.3 is 9.30 Å². The van der Waals surface area contributed by atoms with Crippen molar-refractivity contribution in [1.82, 2.24) is 23.6 Å². The van der Waals surface area contributed by atoms with Gasteiger partial charge in [-0.2, -0.15) is 5.10 Å². The minimum absolute atomic E-state index is 0.0755. The summed E-state index contributed by atoms with van der Waals surface area (Å²) in [5.74, 6) is -0.0613. The summed E-state index contributed by atoms with van der Waals surface area (Å²) in [6, 6.07) is 4.81. The molecule has 30 heavy (non-hydrogen) atoms. The fourth-order valence-corrected chi connectivity index (χ4v) is 4.35. The Hall–Kier alpha value is -2.43. The Morgan fingerprint density at radius 3 is 2.57 bits per heavy atom. The second-order valence-electron chi connectivity index (χ2n) is 7.07. The number of carbonyl (C=O) groups is 1. The Balaban J connectivity index is 1.94. The highest BCUT2D eigenvalue weighted by Gasteiger charge is 2.23. The molecule has 1 aromatic carbocycles. The van der Waals surface area contributed by atoms with Crippen LogP contribution in [0.3, 0.4) is 0 Å². The van der Waals surface area contributed by atoms with Crippen molar-refractivity contribution in [2.45, 2.75) is 38.3 Å². The molecule has 0 aliphatic carbocycles. The number of ether oxygens (including phenoxy) is 1. The van der Waals surface area contributed by atoms with E-state index < -0.39 is 16.0 Å². The number of carbonyl (C=O) groups excluding carboxylic acids is 1. The van der Waals surface area contributed by atoms with Crippen LogP contribution in [-0.4, -0.2) is 52.1 Å². The molecule has 9 nitrogen and oxygen atoms in total. The summed E-state index contributed by atoms with van der Waals surface area (Å²) >= 11 is 6.14. The van der Waals surface area contributed by atoms with Crippen molar-refractivity contribution in [3.63, 3.8) is 0 Å². The molecular formula is C19H24ClN5O4S. The van der Waals surface area contributed by atoms with Crippen molar-refractivity contribution in [2.24, 2.45) is 7.05 Å². The van der Waals surface area contributed by atoms with E-state index in [0.29, 0.717) is 23.6 Å². The van der Waals surface area contributed by atoms with E-state index in [0.717, 1.165) is 16.2 Å². The first-order valence-corrected chi connectivity index (χ1v) is 11.2. The van der Waals surface area contributed by atoms with E-state index in [1.54, 1.807) is 26.1 Å². The van der Waals surface area contributed by atoms with Crippen molar-refractivity contribution < 1.29 is 17.9 Å². The van der Waals surface area contributed by atoms with Gasteiger partial charge in [0.05, 0.1) is 21.6 Å². The summed E-state index contributed by atoms with van der Waals surface area (Å²) in [7, 11) is 1.02. The van der Waals surface area contributed by atoms with Gasteiger partial charge in [0.2, 0.25) is 10.0 Å². The molecule has 2 aromatic heterocycles. The van der Waals surface area contributed by atoms with Gasteiger partial charge in [0.1, 0.15) is 23.1 Å². The predicted molar refractivity (Wildman–Crippen MR) is 113 cm³/mol. The molecule has 0 unspecified atom stereocenters. The number of esters is 1. The third-order valence-corrected chi connectivity index (χ3v) is 6.96. The number of hydrogen-bond acceptors (Lipinski definition) is 6. The molecule has 0 amide bonds. The molecule has 0 spiro atoms. The number of hydrogen-bond donors (Lipinski definition) is 0. The average Bonchev–Trinajstić information content (AvgIpc) is 3.15. The Labute approximate surface area is 180 Å².